The summed E-state index contributed by atoms with van der Waals surface area (Å²) in [5, 5.41) is 7.70. The van der Waals surface area contributed by atoms with Gasteiger partial charge in [0, 0.05) is 18.8 Å². The third kappa shape index (κ3) is 7.95. The summed E-state index contributed by atoms with van der Waals surface area (Å²) < 4.78 is 53.3. The summed E-state index contributed by atoms with van der Waals surface area (Å²) >= 11 is 0. The molecule has 0 atom stereocenters. The van der Waals surface area contributed by atoms with Gasteiger partial charge in [-0.15, -0.1) is 18.3 Å². The first-order valence-corrected chi connectivity index (χ1v) is 10.7. The molecule has 0 aliphatic heterocycles. The highest BCUT2D eigenvalue weighted by atomic mass is 19.4. The Hall–Kier alpha value is -4.22. The van der Waals surface area contributed by atoms with Crippen molar-refractivity contribution in [3.8, 4) is 11.6 Å². The Labute approximate surface area is 198 Å². The lowest BCUT2D eigenvalue weighted by molar-refractivity contribution is -0.274. The highest BCUT2D eigenvalue weighted by molar-refractivity contribution is 5.66. The first-order chi connectivity index (χ1) is 16.9. The maximum absolute atomic E-state index is 12.2. The first-order valence-electron chi connectivity index (χ1n) is 10.7. The maximum atomic E-state index is 12.2. The van der Waals surface area contributed by atoms with Crippen LogP contribution in [-0.4, -0.2) is 36.3 Å². The minimum Gasteiger partial charge on any atom is -0.470 e. The molecular formula is C23H21F3N6O3. The normalized spacial score (nSPS) is 11.7. The van der Waals surface area contributed by atoms with Crippen LogP contribution in [0.25, 0.3) is 12.2 Å². The summed E-state index contributed by atoms with van der Waals surface area (Å²) in [6.45, 7) is 0.958. The predicted octanol–water partition coefficient (Wildman–Crippen LogP) is 4.73. The number of unbranched alkanes of at least 4 members (excludes halogenated alkanes) is 1. The minimum absolute atomic E-state index is 0.146. The van der Waals surface area contributed by atoms with Crippen molar-refractivity contribution in [2.24, 2.45) is 0 Å². The van der Waals surface area contributed by atoms with Crippen LogP contribution >= 0.6 is 0 Å². The van der Waals surface area contributed by atoms with Crippen molar-refractivity contribution in [2.75, 3.05) is 0 Å². The van der Waals surface area contributed by atoms with E-state index in [4.69, 9.17) is 9.15 Å². The molecule has 0 unspecified atom stereocenters. The Morgan fingerprint density at radius 2 is 1.86 bits per heavy atom. The molecule has 3 heterocycles. The smallest absolute Gasteiger partial charge is 0.470 e. The number of hydrogen-bond acceptors (Lipinski definition) is 8. The van der Waals surface area contributed by atoms with Crippen LogP contribution in [0.15, 0.2) is 59.7 Å². The van der Waals surface area contributed by atoms with Gasteiger partial charge in [0.05, 0.1) is 24.3 Å². The van der Waals surface area contributed by atoms with Crippen LogP contribution in [-0.2, 0) is 19.6 Å². The lowest BCUT2D eigenvalue weighted by Gasteiger charge is -2.08. The first kappa shape index (κ1) is 23.9. The third-order valence-corrected chi connectivity index (χ3v) is 4.69. The average Bonchev–Trinajstić information content (AvgIpc) is 3.52. The van der Waals surface area contributed by atoms with Gasteiger partial charge in [0.15, 0.2) is 0 Å². The molecule has 0 spiro atoms. The Morgan fingerprint density at radius 3 is 2.57 bits per heavy atom. The zero-order chi connectivity index (χ0) is 24.5. The molecule has 182 valence electrons. The van der Waals surface area contributed by atoms with Crippen LogP contribution in [0.1, 0.15) is 35.7 Å². The number of aryl methyl sites for hydroxylation is 2. The van der Waals surface area contributed by atoms with E-state index in [1.54, 1.807) is 35.4 Å². The van der Waals surface area contributed by atoms with Gasteiger partial charge in [0.1, 0.15) is 24.3 Å². The quantitative estimate of drug-likeness (QED) is 0.281. The molecular weight excluding hydrogens is 465 g/mol. The number of benzene rings is 1. The van der Waals surface area contributed by atoms with Gasteiger partial charge in [-0.1, -0.05) is 17.3 Å². The van der Waals surface area contributed by atoms with E-state index in [-0.39, 0.29) is 12.4 Å². The van der Waals surface area contributed by atoms with Gasteiger partial charge in [-0.25, -0.2) is 9.97 Å². The number of oxazole rings is 1. The van der Waals surface area contributed by atoms with Crippen LogP contribution in [0.2, 0.25) is 0 Å². The van der Waals surface area contributed by atoms with E-state index in [0.717, 1.165) is 31.5 Å². The largest absolute Gasteiger partial charge is 0.573 e. The van der Waals surface area contributed by atoms with Crippen molar-refractivity contribution in [3.05, 3.63) is 78.2 Å². The average molecular weight is 486 g/mol. The molecule has 0 N–H and O–H groups in total. The monoisotopic (exact) mass is 486 g/mol. The van der Waals surface area contributed by atoms with E-state index in [9.17, 15) is 13.2 Å². The fraction of sp³-hybridized carbons (Fsp3) is 0.261. The number of hydrogen-bond donors (Lipinski definition) is 0. The van der Waals surface area contributed by atoms with Gasteiger partial charge in [-0.2, -0.15) is 0 Å². The van der Waals surface area contributed by atoms with Gasteiger partial charge in [-0.3, -0.25) is 9.67 Å². The third-order valence-electron chi connectivity index (χ3n) is 4.69. The molecule has 35 heavy (non-hydrogen) atoms. The van der Waals surface area contributed by atoms with Crippen LogP contribution in [0, 0.1) is 0 Å². The van der Waals surface area contributed by atoms with Gasteiger partial charge < -0.3 is 13.9 Å². The van der Waals surface area contributed by atoms with Crippen LogP contribution in [0.3, 0.4) is 0 Å². The second-order valence-electron chi connectivity index (χ2n) is 7.39. The number of rotatable bonds is 11. The molecule has 4 aromatic rings. The molecule has 0 amide bonds. The summed E-state index contributed by atoms with van der Waals surface area (Å²) in [5.74, 6) is 0.411. The van der Waals surface area contributed by atoms with Crippen LogP contribution in [0.5, 0.6) is 11.6 Å². The predicted molar refractivity (Wildman–Crippen MR) is 118 cm³/mol. The molecule has 0 fully saturated rings. The number of nitrogens with zero attached hydrogens (tertiary/aromatic N) is 6. The molecule has 0 saturated carbocycles. The Bertz CT molecular complexity index is 1210. The molecule has 0 radical (unpaired) electrons. The molecule has 0 aliphatic rings. The van der Waals surface area contributed by atoms with Crippen molar-refractivity contribution in [1.82, 2.24) is 29.9 Å². The van der Waals surface area contributed by atoms with Crippen molar-refractivity contribution in [1.29, 1.82) is 0 Å². The summed E-state index contributed by atoms with van der Waals surface area (Å²) in [6.07, 6.45) is 9.45. The van der Waals surface area contributed by atoms with E-state index < -0.39 is 6.36 Å². The lowest BCUT2D eigenvalue weighted by atomic mass is 10.2. The summed E-state index contributed by atoms with van der Waals surface area (Å²) in [5.41, 5.74) is 2.09. The molecule has 4 rings (SSSR count). The lowest BCUT2D eigenvalue weighted by Crippen LogP contribution is -2.16. The molecule has 0 bridgehead atoms. The van der Waals surface area contributed by atoms with Gasteiger partial charge in [0.2, 0.25) is 11.8 Å². The zero-order valence-corrected chi connectivity index (χ0v) is 18.4. The SMILES string of the molecule is FC(F)(F)Oc1ccc(C=Cc2nc(COc3cnc(CCCCn4ccnn4)cn3)co2)cc1. The highest BCUT2D eigenvalue weighted by Crippen LogP contribution is 2.23. The van der Waals surface area contributed by atoms with E-state index >= 15 is 0 Å². The molecule has 0 saturated heterocycles. The van der Waals surface area contributed by atoms with Gasteiger partial charge in [0.25, 0.3) is 0 Å². The van der Waals surface area contributed by atoms with Gasteiger partial charge >= 0.3 is 6.36 Å². The molecule has 0 aliphatic carbocycles. The van der Waals surface area contributed by atoms with E-state index in [1.165, 1.54) is 30.5 Å². The topological polar surface area (TPSA) is 101 Å². The Kier molecular flexibility index (Phi) is 7.70. The van der Waals surface area contributed by atoms with Crippen molar-refractivity contribution in [2.45, 2.75) is 38.8 Å². The fourth-order valence-corrected chi connectivity index (χ4v) is 3.04. The van der Waals surface area contributed by atoms with Gasteiger partial charge in [-0.05, 0) is 43.0 Å². The Balaban J connectivity index is 1.20. The van der Waals surface area contributed by atoms with Crippen molar-refractivity contribution >= 4 is 12.2 Å². The second-order valence-corrected chi connectivity index (χ2v) is 7.39. The molecule has 3 aromatic heterocycles. The summed E-state index contributed by atoms with van der Waals surface area (Å²) in [4.78, 5) is 12.9. The van der Waals surface area contributed by atoms with Crippen molar-refractivity contribution < 1.29 is 27.1 Å². The molecule has 12 heteroatoms. The zero-order valence-electron chi connectivity index (χ0n) is 18.4. The standard InChI is InChI=1S/C23H21F3N6O3/c24-23(25,26)35-20-7-4-17(5-8-20)6-9-21-30-19(15-33-21)16-34-22-14-27-18(13-28-22)3-1-2-11-32-12-10-29-31-32/h4-10,12-15H,1-3,11,16H2. The fourth-order valence-electron chi connectivity index (χ4n) is 3.04. The molecule has 9 nitrogen and oxygen atoms in total. The second kappa shape index (κ2) is 11.3. The minimum atomic E-state index is -4.72. The highest BCUT2D eigenvalue weighted by Gasteiger charge is 2.30. The summed E-state index contributed by atoms with van der Waals surface area (Å²) in [6, 6.07) is 5.44. The molecule has 1 aromatic carbocycles. The number of aromatic nitrogens is 6. The van der Waals surface area contributed by atoms with E-state index in [0.29, 0.717) is 23.0 Å². The number of halogens is 3. The van der Waals surface area contributed by atoms with Crippen LogP contribution in [0.4, 0.5) is 13.2 Å². The van der Waals surface area contributed by atoms with E-state index in [1.807, 2.05) is 6.20 Å². The van der Waals surface area contributed by atoms with Crippen molar-refractivity contribution in [3.63, 3.8) is 0 Å². The number of alkyl halides is 3. The Morgan fingerprint density at radius 1 is 1.00 bits per heavy atom. The van der Waals surface area contributed by atoms with Crippen LogP contribution < -0.4 is 9.47 Å². The number of ether oxygens (including phenoxy) is 2. The summed E-state index contributed by atoms with van der Waals surface area (Å²) in [7, 11) is 0. The maximum Gasteiger partial charge on any atom is 0.573 e. The van der Waals surface area contributed by atoms with E-state index in [2.05, 4.69) is 30.0 Å².